The molecule has 2 fully saturated rings. The summed E-state index contributed by atoms with van der Waals surface area (Å²) >= 11 is 0. The third-order valence-corrected chi connectivity index (χ3v) is 4.60. The average molecular weight is 267 g/mol. The van der Waals surface area contributed by atoms with E-state index in [2.05, 4.69) is 15.5 Å². The number of carbonyl (C=O) groups is 1. The van der Waals surface area contributed by atoms with E-state index in [0.717, 1.165) is 12.5 Å². The Hall–Kier alpha value is -0.610. The first-order valence-corrected chi connectivity index (χ1v) is 7.91. The first kappa shape index (κ1) is 14.8. The van der Waals surface area contributed by atoms with Crippen molar-refractivity contribution >= 4 is 5.91 Å². The minimum atomic E-state index is 0.104. The lowest BCUT2D eigenvalue weighted by Crippen LogP contribution is -2.40. The molecule has 1 atom stereocenters. The Labute approximate surface area is 117 Å². The molecule has 1 unspecified atom stereocenters. The minimum absolute atomic E-state index is 0.104. The molecule has 19 heavy (non-hydrogen) atoms. The van der Waals surface area contributed by atoms with Crippen LogP contribution in [-0.2, 0) is 4.79 Å². The minimum Gasteiger partial charge on any atom is -0.356 e. The van der Waals surface area contributed by atoms with E-state index in [-0.39, 0.29) is 5.91 Å². The normalized spacial score (nSPS) is 26.3. The molecule has 0 aromatic heterocycles. The van der Waals surface area contributed by atoms with Gasteiger partial charge in [0.25, 0.3) is 0 Å². The number of piperidine rings is 2. The third-order valence-electron chi connectivity index (χ3n) is 4.60. The van der Waals surface area contributed by atoms with E-state index in [1.165, 1.54) is 64.8 Å². The van der Waals surface area contributed by atoms with Crippen LogP contribution in [0.5, 0.6) is 0 Å². The Morgan fingerprint density at radius 1 is 1.26 bits per heavy atom. The monoisotopic (exact) mass is 267 g/mol. The van der Waals surface area contributed by atoms with Crippen molar-refractivity contribution in [2.75, 3.05) is 39.3 Å². The number of likely N-dealkylation sites (tertiary alicyclic amines) is 1. The summed E-state index contributed by atoms with van der Waals surface area (Å²) in [6.07, 6.45) is 6.59. The van der Waals surface area contributed by atoms with E-state index in [9.17, 15) is 4.79 Å². The van der Waals surface area contributed by atoms with Crippen molar-refractivity contribution in [2.24, 2.45) is 11.8 Å². The van der Waals surface area contributed by atoms with Crippen LogP contribution in [0, 0.1) is 11.8 Å². The zero-order valence-corrected chi connectivity index (χ0v) is 12.3. The quantitative estimate of drug-likeness (QED) is 0.787. The fraction of sp³-hybridized carbons (Fsp3) is 0.933. The molecule has 0 radical (unpaired) electrons. The fourth-order valence-corrected chi connectivity index (χ4v) is 3.24. The number of carbonyl (C=O) groups excluding carboxylic acids is 1. The van der Waals surface area contributed by atoms with Gasteiger partial charge in [-0.2, -0.15) is 0 Å². The second kappa shape index (κ2) is 7.85. The van der Waals surface area contributed by atoms with Gasteiger partial charge < -0.3 is 15.5 Å². The van der Waals surface area contributed by atoms with E-state index in [0.29, 0.717) is 5.92 Å². The van der Waals surface area contributed by atoms with Gasteiger partial charge in [-0.05, 0) is 76.7 Å². The standard InChI is InChI=1S/C15H29N3O/c1-13(19)17-12-15-5-9-18(10-6-15)8-4-14-3-2-7-16-11-14/h14-16H,2-12H2,1H3,(H,17,19). The van der Waals surface area contributed by atoms with Gasteiger partial charge in [0.15, 0.2) is 0 Å². The highest BCUT2D eigenvalue weighted by Gasteiger charge is 2.20. The molecule has 110 valence electrons. The fourth-order valence-electron chi connectivity index (χ4n) is 3.24. The molecule has 2 N–H and O–H groups in total. The first-order chi connectivity index (χ1) is 9.24. The number of hydrogen-bond donors (Lipinski definition) is 2. The van der Waals surface area contributed by atoms with Gasteiger partial charge in [-0.25, -0.2) is 0 Å². The predicted octanol–water partition coefficient (Wildman–Crippen LogP) is 1.22. The lowest BCUT2D eigenvalue weighted by Gasteiger charge is -2.33. The van der Waals surface area contributed by atoms with Gasteiger partial charge in [0, 0.05) is 13.5 Å². The van der Waals surface area contributed by atoms with Crippen LogP contribution in [-0.4, -0.2) is 50.1 Å². The van der Waals surface area contributed by atoms with Gasteiger partial charge in [0.05, 0.1) is 0 Å². The molecule has 1 amide bonds. The largest absolute Gasteiger partial charge is 0.356 e. The molecule has 0 saturated carbocycles. The molecule has 4 nitrogen and oxygen atoms in total. The zero-order valence-electron chi connectivity index (χ0n) is 12.3. The van der Waals surface area contributed by atoms with E-state index in [1.54, 1.807) is 6.92 Å². The SMILES string of the molecule is CC(=O)NCC1CCN(CCC2CCCNC2)CC1. The molecule has 0 aromatic carbocycles. The molecule has 2 rings (SSSR count). The van der Waals surface area contributed by atoms with E-state index in [1.807, 2.05) is 0 Å². The Kier molecular flexibility index (Phi) is 6.11. The Morgan fingerprint density at radius 3 is 2.68 bits per heavy atom. The highest BCUT2D eigenvalue weighted by atomic mass is 16.1. The lowest BCUT2D eigenvalue weighted by molar-refractivity contribution is -0.119. The summed E-state index contributed by atoms with van der Waals surface area (Å²) in [5.41, 5.74) is 0. The summed E-state index contributed by atoms with van der Waals surface area (Å²) < 4.78 is 0. The summed E-state index contributed by atoms with van der Waals surface area (Å²) in [5, 5.41) is 6.45. The summed E-state index contributed by atoms with van der Waals surface area (Å²) in [5.74, 6) is 1.69. The van der Waals surface area contributed by atoms with Crippen LogP contribution in [0.3, 0.4) is 0 Å². The van der Waals surface area contributed by atoms with Crippen molar-refractivity contribution in [3.8, 4) is 0 Å². The maximum Gasteiger partial charge on any atom is 0.216 e. The van der Waals surface area contributed by atoms with Gasteiger partial charge in [0.2, 0.25) is 5.91 Å². The van der Waals surface area contributed by atoms with Crippen molar-refractivity contribution < 1.29 is 4.79 Å². The number of nitrogens with zero attached hydrogens (tertiary/aromatic N) is 1. The van der Waals surface area contributed by atoms with E-state index < -0.39 is 0 Å². The van der Waals surface area contributed by atoms with Crippen LogP contribution in [0.15, 0.2) is 0 Å². The van der Waals surface area contributed by atoms with Gasteiger partial charge >= 0.3 is 0 Å². The van der Waals surface area contributed by atoms with Crippen LogP contribution in [0.2, 0.25) is 0 Å². The van der Waals surface area contributed by atoms with Crippen molar-refractivity contribution in [3.05, 3.63) is 0 Å². The lowest BCUT2D eigenvalue weighted by atomic mass is 9.94. The van der Waals surface area contributed by atoms with Crippen LogP contribution in [0.4, 0.5) is 0 Å². The van der Waals surface area contributed by atoms with Crippen molar-refractivity contribution in [3.63, 3.8) is 0 Å². The molecular weight excluding hydrogens is 238 g/mol. The summed E-state index contributed by atoms with van der Waals surface area (Å²) in [6, 6.07) is 0. The highest BCUT2D eigenvalue weighted by Crippen LogP contribution is 2.19. The van der Waals surface area contributed by atoms with Gasteiger partial charge in [-0.15, -0.1) is 0 Å². The van der Waals surface area contributed by atoms with Crippen LogP contribution < -0.4 is 10.6 Å². The molecule has 4 heteroatoms. The van der Waals surface area contributed by atoms with Crippen LogP contribution in [0.1, 0.15) is 39.0 Å². The van der Waals surface area contributed by atoms with Crippen molar-refractivity contribution in [1.82, 2.24) is 15.5 Å². The second-order valence-corrected chi connectivity index (χ2v) is 6.22. The number of rotatable bonds is 5. The molecule has 2 aliphatic rings. The molecule has 0 aliphatic carbocycles. The zero-order chi connectivity index (χ0) is 13.5. The third kappa shape index (κ3) is 5.49. The molecule has 2 aliphatic heterocycles. The van der Waals surface area contributed by atoms with Gasteiger partial charge in [-0.1, -0.05) is 0 Å². The predicted molar refractivity (Wildman–Crippen MR) is 78.1 cm³/mol. The molecule has 0 spiro atoms. The average Bonchev–Trinajstić information content (AvgIpc) is 2.45. The highest BCUT2D eigenvalue weighted by molar-refractivity contribution is 5.72. The molecule has 2 saturated heterocycles. The summed E-state index contributed by atoms with van der Waals surface area (Å²) in [6.45, 7) is 8.60. The van der Waals surface area contributed by atoms with Gasteiger partial charge in [-0.3, -0.25) is 4.79 Å². The topological polar surface area (TPSA) is 44.4 Å². The summed E-state index contributed by atoms with van der Waals surface area (Å²) in [4.78, 5) is 13.5. The Balaban J connectivity index is 1.56. The maximum atomic E-state index is 10.9. The maximum absolute atomic E-state index is 10.9. The number of nitrogens with one attached hydrogen (secondary N) is 2. The van der Waals surface area contributed by atoms with Gasteiger partial charge in [0.1, 0.15) is 0 Å². The molecule has 2 heterocycles. The van der Waals surface area contributed by atoms with E-state index in [4.69, 9.17) is 0 Å². The van der Waals surface area contributed by atoms with Crippen molar-refractivity contribution in [1.29, 1.82) is 0 Å². The first-order valence-electron chi connectivity index (χ1n) is 7.91. The van der Waals surface area contributed by atoms with E-state index >= 15 is 0 Å². The summed E-state index contributed by atoms with van der Waals surface area (Å²) in [7, 11) is 0. The van der Waals surface area contributed by atoms with Crippen LogP contribution >= 0.6 is 0 Å². The molecular formula is C15H29N3O. The Bertz CT molecular complexity index is 269. The van der Waals surface area contributed by atoms with Crippen molar-refractivity contribution in [2.45, 2.75) is 39.0 Å². The molecule has 0 bridgehead atoms. The molecule has 0 aromatic rings. The number of hydrogen-bond acceptors (Lipinski definition) is 3. The number of amides is 1. The second-order valence-electron chi connectivity index (χ2n) is 6.22. The van der Waals surface area contributed by atoms with Crippen LogP contribution in [0.25, 0.3) is 0 Å². The Morgan fingerprint density at radius 2 is 2.05 bits per heavy atom. The smallest absolute Gasteiger partial charge is 0.216 e.